The Morgan fingerprint density at radius 1 is 0.824 bits per heavy atom. The number of hydrogen-bond donors (Lipinski definition) is 2. The van der Waals surface area contributed by atoms with Gasteiger partial charge in [-0.1, -0.05) is 60.7 Å². The Labute approximate surface area is 200 Å². The number of rotatable bonds is 9. The van der Waals surface area contributed by atoms with Crippen molar-refractivity contribution in [2.45, 2.75) is 18.9 Å². The van der Waals surface area contributed by atoms with Crippen molar-refractivity contribution in [3.8, 4) is 0 Å². The van der Waals surface area contributed by atoms with E-state index < -0.39 is 6.04 Å². The van der Waals surface area contributed by atoms with Crippen LogP contribution in [0.1, 0.15) is 21.5 Å². The van der Waals surface area contributed by atoms with E-state index in [4.69, 9.17) is 4.74 Å². The fourth-order valence-electron chi connectivity index (χ4n) is 3.99. The lowest BCUT2D eigenvalue weighted by Gasteiger charge is -2.26. The van der Waals surface area contributed by atoms with Crippen LogP contribution in [0.15, 0.2) is 84.9 Å². The number of nitrogens with zero attached hydrogens (tertiary/aromatic N) is 1. The lowest BCUT2D eigenvalue weighted by molar-refractivity contribution is -0.118. The molecule has 2 amide bonds. The van der Waals surface area contributed by atoms with Gasteiger partial charge in [-0.3, -0.25) is 14.5 Å². The van der Waals surface area contributed by atoms with E-state index in [9.17, 15) is 9.59 Å². The van der Waals surface area contributed by atoms with Gasteiger partial charge in [-0.05, 0) is 41.8 Å². The predicted molar refractivity (Wildman–Crippen MR) is 134 cm³/mol. The molecule has 0 spiro atoms. The first-order valence-corrected chi connectivity index (χ1v) is 11.8. The lowest BCUT2D eigenvalue weighted by Crippen LogP contribution is -2.45. The summed E-state index contributed by atoms with van der Waals surface area (Å²) in [6.07, 6.45) is 1.36. The molecule has 2 N–H and O–H groups in total. The number of nitrogens with one attached hydrogen (secondary N) is 2. The highest BCUT2D eigenvalue weighted by atomic mass is 16.5. The van der Waals surface area contributed by atoms with E-state index in [0.29, 0.717) is 17.7 Å². The van der Waals surface area contributed by atoms with Crippen molar-refractivity contribution < 1.29 is 14.3 Å². The van der Waals surface area contributed by atoms with Gasteiger partial charge in [-0.15, -0.1) is 0 Å². The number of carbonyl (C=O) groups excluding carboxylic acids is 2. The SMILES string of the molecule is O=C(NC(Cc1ccccc1)C(=O)Nc1ccc(CCN2CCOCC2)cc1)c1ccccc1. The summed E-state index contributed by atoms with van der Waals surface area (Å²) < 4.78 is 5.40. The average Bonchev–Trinajstić information content (AvgIpc) is 2.89. The first kappa shape index (κ1) is 23.7. The molecule has 0 aromatic heterocycles. The van der Waals surface area contributed by atoms with Crippen LogP contribution in [-0.4, -0.2) is 55.6 Å². The van der Waals surface area contributed by atoms with Crippen LogP contribution in [0.2, 0.25) is 0 Å². The molecule has 4 rings (SSSR count). The molecule has 1 aliphatic rings. The number of benzene rings is 3. The third-order valence-electron chi connectivity index (χ3n) is 5.98. The standard InChI is InChI=1S/C28H31N3O3/c32-27(24-9-5-2-6-10-24)30-26(21-23-7-3-1-4-8-23)28(33)29-25-13-11-22(12-14-25)15-16-31-17-19-34-20-18-31/h1-14,26H,15-21H2,(H,29,33)(H,30,32). The summed E-state index contributed by atoms with van der Waals surface area (Å²) in [7, 11) is 0. The summed E-state index contributed by atoms with van der Waals surface area (Å²) in [5.74, 6) is -0.510. The van der Waals surface area contributed by atoms with E-state index in [1.807, 2.05) is 72.8 Å². The Bertz CT molecular complexity index is 1050. The molecule has 1 fully saturated rings. The molecule has 3 aromatic rings. The second-order valence-corrected chi connectivity index (χ2v) is 8.47. The maximum Gasteiger partial charge on any atom is 0.251 e. The van der Waals surface area contributed by atoms with Crippen molar-refractivity contribution in [2.24, 2.45) is 0 Å². The fraction of sp³-hybridized carbons (Fsp3) is 0.286. The Hall–Kier alpha value is -3.48. The minimum Gasteiger partial charge on any atom is -0.379 e. The lowest BCUT2D eigenvalue weighted by atomic mass is 10.0. The van der Waals surface area contributed by atoms with E-state index in [2.05, 4.69) is 15.5 Å². The zero-order valence-electron chi connectivity index (χ0n) is 19.3. The van der Waals surface area contributed by atoms with Gasteiger partial charge in [-0.2, -0.15) is 0 Å². The first-order chi connectivity index (χ1) is 16.7. The summed E-state index contributed by atoms with van der Waals surface area (Å²) in [5.41, 5.74) is 3.45. The monoisotopic (exact) mass is 457 g/mol. The zero-order valence-corrected chi connectivity index (χ0v) is 19.3. The Morgan fingerprint density at radius 3 is 2.15 bits per heavy atom. The number of ether oxygens (including phenoxy) is 1. The van der Waals surface area contributed by atoms with Crippen LogP contribution in [-0.2, 0) is 22.4 Å². The summed E-state index contributed by atoms with van der Waals surface area (Å²) >= 11 is 0. The maximum atomic E-state index is 13.2. The van der Waals surface area contributed by atoms with Gasteiger partial charge < -0.3 is 15.4 Å². The maximum absolute atomic E-state index is 13.2. The van der Waals surface area contributed by atoms with Crippen LogP contribution in [0.3, 0.4) is 0 Å². The van der Waals surface area contributed by atoms with Crippen LogP contribution < -0.4 is 10.6 Å². The van der Waals surface area contributed by atoms with Crippen molar-refractivity contribution in [1.82, 2.24) is 10.2 Å². The van der Waals surface area contributed by atoms with Crippen LogP contribution in [0.4, 0.5) is 5.69 Å². The first-order valence-electron chi connectivity index (χ1n) is 11.8. The molecule has 1 unspecified atom stereocenters. The molecule has 1 heterocycles. The number of anilines is 1. The van der Waals surface area contributed by atoms with Gasteiger partial charge in [-0.25, -0.2) is 0 Å². The smallest absolute Gasteiger partial charge is 0.251 e. The third-order valence-corrected chi connectivity index (χ3v) is 5.98. The summed E-state index contributed by atoms with van der Waals surface area (Å²) in [4.78, 5) is 28.3. The molecule has 0 aliphatic carbocycles. The molecule has 176 valence electrons. The van der Waals surface area contributed by atoms with Crippen LogP contribution >= 0.6 is 0 Å². The van der Waals surface area contributed by atoms with Crippen molar-refractivity contribution in [2.75, 3.05) is 38.2 Å². The van der Waals surface area contributed by atoms with Gasteiger partial charge in [0.15, 0.2) is 0 Å². The molecule has 3 aromatic carbocycles. The number of hydrogen-bond acceptors (Lipinski definition) is 4. The summed E-state index contributed by atoms with van der Waals surface area (Å²) in [6.45, 7) is 4.56. The van der Waals surface area contributed by atoms with E-state index >= 15 is 0 Å². The second kappa shape index (κ2) is 12.1. The van der Waals surface area contributed by atoms with Crippen LogP contribution in [0.25, 0.3) is 0 Å². The molecule has 0 radical (unpaired) electrons. The minimum absolute atomic E-state index is 0.241. The van der Waals surface area contributed by atoms with Crippen LogP contribution in [0.5, 0.6) is 0 Å². The molecule has 1 saturated heterocycles. The van der Waals surface area contributed by atoms with Gasteiger partial charge in [0.2, 0.25) is 5.91 Å². The Balaban J connectivity index is 1.38. The van der Waals surface area contributed by atoms with Crippen molar-refractivity contribution in [1.29, 1.82) is 0 Å². The van der Waals surface area contributed by atoms with Gasteiger partial charge in [0.25, 0.3) is 5.91 Å². The van der Waals surface area contributed by atoms with E-state index in [1.165, 1.54) is 5.56 Å². The van der Waals surface area contributed by atoms with Gasteiger partial charge in [0.05, 0.1) is 13.2 Å². The highest BCUT2D eigenvalue weighted by Crippen LogP contribution is 2.13. The fourth-order valence-corrected chi connectivity index (χ4v) is 3.99. The zero-order chi connectivity index (χ0) is 23.6. The highest BCUT2D eigenvalue weighted by molar-refractivity contribution is 6.01. The van der Waals surface area contributed by atoms with Gasteiger partial charge in [0, 0.05) is 37.3 Å². The molecular formula is C28H31N3O3. The van der Waals surface area contributed by atoms with Crippen molar-refractivity contribution in [3.05, 3.63) is 102 Å². The number of amides is 2. The second-order valence-electron chi connectivity index (χ2n) is 8.47. The number of morpholine rings is 1. The van der Waals surface area contributed by atoms with Crippen molar-refractivity contribution in [3.63, 3.8) is 0 Å². The van der Waals surface area contributed by atoms with Gasteiger partial charge >= 0.3 is 0 Å². The van der Waals surface area contributed by atoms with E-state index in [1.54, 1.807) is 12.1 Å². The van der Waals surface area contributed by atoms with E-state index in [0.717, 1.165) is 44.8 Å². The Morgan fingerprint density at radius 2 is 1.47 bits per heavy atom. The molecule has 6 heteroatoms. The summed E-state index contributed by atoms with van der Waals surface area (Å²) in [6, 6.07) is 25.9. The minimum atomic E-state index is -0.698. The van der Waals surface area contributed by atoms with E-state index in [-0.39, 0.29) is 11.8 Å². The van der Waals surface area contributed by atoms with Crippen LogP contribution in [0, 0.1) is 0 Å². The Kier molecular flexibility index (Phi) is 8.43. The molecule has 6 nitrogen and oxygen atoms in total. The topological polar surface area (TPSA) is 70.7 Å². The largest absolute Gasteiger partial charge is 0.379 e. The van der Waals surface area contributed by atoms with Gasteiger partial charge in [0.1, 0.15) is 6.04 Å². The normalized spacial score (nSPS) is 14.8. The molecule has 0 saturated carbocycles. The molecular weight excluding hydrogens is 426 g/mol. The quantitative estimate of drug-likeness (QED) is 0.516. The summed E-state index contributed by atoms with van der Waals surface area (Å²) in [5, 5.41) is 5.87. The third kappa shape index (κ3) is 7.01. The predicted octanol–water partition coefficient (Wildman–Crippen LogP) is 3.54. The molecule has 1 aliphatic heterocycles. The molecule has 0 bridgehead atoms. The average molecular weight is 458 g/mol. The molecule has 1 atom stereocenters. The molecule has 34 heavy (non-hydrogen) atoms. The number of carbonyl (C=O) groups is 2. The highest BCUT2D eigenvalue weighted by Gasteiger charge is 2.22. The van der Waals surface area contributed by atoms with Crippen molar-refractivity contribution >= 4 is 17.5 Å².